The molecule has 17 nitrogen and oxygen atoms in total. The van der Waals surface area contributed by atoms with Crippen molar-refractivity contribution >= 4 is 43.5 Å². The van der Waals surface area contributed by atoms with Crippen LogP contribution in [0.4, 0.5) is 4.79 Å². The van der Waals surface area contributed by atoms with Crippen LogP contribution in [0.5, 0.6) is 0 Å². The van der Waals surface area contributed by atoms with Gasteiger partial charge in [0.2, 0.25) is 11.8 Å². The number of rotatable bonds is 17. The largest absolute Gasteiger partial charge is 0.472 e. The summed E-state index contributed by atoms with van der Waals surface area (Å²) >= 11 is 1.69. The number of nitrogens with one attached hydrogen (secondary N) is 5. The maximum atomic E-state index is 12.5. The van der Waals surface area contributed by atoms with Crippen LogP contribution in [0.1, 0.15) is 50.3 Å². The van der Waals surface area contributed by atoms with Gasteiger partial charge in [0.15, 0.2) is 0 Å². The van der Waals surface area contributed by atoms with Gasteiger partial charge in [-0.05, 0) is 18.9 Å². The van der Waals surface area contributed by atoms with E-state index in [1.807, 2.05) is 0 Å². The maximum absolute atomic E-state index is 12.5. The van der Waals surface area contributed by atoms with E-state index in [1.165, 1.54) is 25.5 Å². The van der Waals surface area contributed by atoms with Crippen molar-refractivity contribution in [3.63, 3.8) is 0 Å². The minimum atomic E-state index is -4.25. The number of aromatic amines is 1. The summed E-state index contributed by atoms with van der Waals surface area (Å²) in [4.78, 5) is 72.6. The SMILES string of the molecule is COC1CC(n2cc(/C=C/C(=O)NCCCCCCNC(=O)CC3SCC4NC(=O)NC43)c(=O)[nH]c2=O)OC1COP(=O)(O)OC. The highest BCUT2D eigenvalue weighted by Gasteiger charge is 2.43. The van der Waals surface area contributed by atoms with E-state index in [0.717, 1.165) is 43.1 Å². The molecule has 0 aliphatic carbocycles. The zero-order valence-electron chi connectivity index (χ0n) is 25.6. The van der Waals surface area contributed by atoms with Crippen molar-refractivity contribution in [3.8, 4) is 0 Å². The Morgan fingerprint density at radius 3 is 2.61 bits per heavy atom. The van der Waals surface area contributed by atoms with Crippen molar-refractivity contribution in [2.75, 3.05) is 39.7 Å². The summed E-state index contributed by atoms with van der Waals surface area (Å²) in [7, 11) is -1.80. The Labute approximate surface area is 269 Å². The van der Waals surface area contributed by atoms with Gasteiger partial charge >= 0.3 is 19.5 Å². The number of urea groups is 1. The van der Waals surface area contributed by atoms with E-state index >= 15 is 0 Å². The van der Waals surface area contributed by atoms with Crippen molar-refractivity contribution in [2.24, 2.45) is 0 Å². The number of ether oxygens (including phenoxy) is 2. The summed E-state index contributed by atoms with van der Waals surface area (Å²) in [6, 6.07) is -0.0920. The van der Waals surface area contributed by atoms with Crippen LogP contribution in [-0.2, 0) is 32.7 Å². The summed E-state index contributed by atoms with van der Waals surface area (Å²) in [5, 5.41) is 11.5. The van der Waals surface area contributed by atoms with Gasteiger partial charge in [-0.2, -0.15) is 11.8 Å². The lowest BCUT2D eigenvalue weighted by Crippen LogP contribution is -2.39. The van der Waals surface area contributed by atoms with Gasteiger partial charge in [-0.1, -0.05) is 12.8 Å². The molecule has 46 heavy (non-hydrogen) atoms. The minimum Gasteiger partial charge on any atom is -0.378 e. The van der Waals surface area contributed by atoms with E-state index in [1.54, 1.807) is 11.8 Å². The molecule has 4 amide bonds. The molecule has 3 aliphatic rings. The number of phosphoric acid groups is 1. The second-order valence-electron chi connectivity index (χ2n) is 11.1. The lowest BCUT2D eigenvalue weighted by molar-refractivity contribution is -0.121. The van der Waals surface area contributed by atoms with E-state index in [9.17, 15) is 33.4 Å². The molecule has 0 bridgehead atoms. The molecule has 0 spiro atoms. The Kier molecular flexibility index (Phi) is 13.0. The van der Waals surface area contributed by atoms with Gasteiger partial charge in [-0.25, -0.2) is 14.2 Å². The summed E-state index contributed by atoms with van der Waals surface area (Å²) in [5.74, 6) is 0.365. The Morgan fingerprint density at radius 1 is 1.15 bits per heavy atom. The van der Waals surface area contributed by atoms with Crippen molar-refractivity contribution in [1.29, 1.82) is 0 Å². The van der Waals surface area contributed by atoms with Crippen LogP contribution < -0.4 is 32.5 Å². The first kappa shape index (κ1) is 35.9. The number of H-pyrrole nitrogens is 1. The normalized spacial score (nSPS) is 26.8. The molecule has 19 heteroatoms. The van der Waals surface area contributed by atoms with Crippen LogP contribution >= 0.6 is 19.6 Å². The topological polar surface area (TPSA) is 228 Å². The lowest BCUT2D eigenvalue weighted by atomic mass is 10.1. The third-order valence-electron chi connectivity index (χ3n) is 7.89. The van der Waals surface area contributed by atoms with Crippen LogP contribution in [0.3, 0.4) is 0 Å². The Hall–Kier alpha value is -2.99. The summed E-state index contributed by atoms with van der Waals surface area (Å²) in [6.45, 7) is 0.652. The van der Waals surface area contributed by atoms with Gasteiger partial charge in [-0.15, -0.1) is 0 Å². The molecular formula is C27H41N6O11PS. The molecule has 4 heterocycles. The number of amides is 4. The average Bonchev–Trinajstić information content (AvgIpc) is 3.71. The van der Waals surface area contributed by atoms with Crippen LogP contribution in [0.2, 0.25) is 0 Å². The van der Waals surface area contributed by atoms with Gasteiger partial charge in [0.25, 0.3) is 5.56 Å². The second kappa shape index (κ2) is 16.7. The first-order valence-electron chi connectivity index (χ1n) is 15.0. The molecule has 0 radical (unpaired) electrons. The number of hydrogen-bond acceptors (Lipinski definition) is 11. The monoisotopic (exact) mass is 688 g/mol. The molecule has 4 rings (SSSR count). The fourth-order valence-electron chi connectivity index (χ4n) is 5.41. The third kappa shape index (κ3) is 10.0. The van der Waals surface area contributed by atoms with E-state index in [-0.39, 0.29) is 47.9 Å². The first-order valence-corrected chi connectivity index (χ1v) is 17.5. The molecule has 7 unspecified atom stereocenters. The van der Waals surface area contributed by atoms with Gasteiger partial charge in [-0.3, -0.25) is 33.0 Å². The highest BCUT2D eigenvalue weighted by Crippen LogP contribution is 2.43. The highest BCUT2D eigenvalue weighted by atomic mass is 32.2. The number of unbranched alkanes of at least 4 members (excludes halogenated alkanes) is 3. The van der Waals surface area contributed by atoms with Gasteiger partial charge in [0.05, 0.1) is 30.4 Å². The molecule has 1 aromatic rings. The quantitative estimate of drug-likeness (QED) is 0.0549. The Balaban J connectivity index is 1.14. The minimum absolute atomic E-state index is 0.00609. The second-order valence-corrected chi connectivity index (χ2v) is 13.9. The predicted molar refractivity (Wildman–Crippen MR) is 167 cm³/mol. The molecule has 7 atom stereocenters. The Bertz CT molecular complexity index is 1440. The van der Waals surface area contributed by atoms with Gasteiger partial charge in [0, 0.05) is 63.4 Å². The van der Waals surface area contributed by atoms with E-state index < -0.39 is 43.4 Å². The fourth-order valence-corrected chi connectivity index (χ4v) is 7.33. The summed E-state index contributed by atoms with van der Waals surface area (Å²) < 4.78 is 33.2. The summed E-state index contributed by atoms with van der Waals surface area (Å²) in [5.41, 5.74) is -1.38. The molecule has 0 aromatic carbocycles. The number of phosphoric ester groups is 1. The van der Waals surface area contributed by atoms with Crippen molar-refractivity contribution in [1.82, 2.24) is 30.8 Å². The van der Waals surface area contributed by atoms with Crippen molar-refractivity contribution in [3.05, 3.63) is 38.7 Å². The van der Waals surface area contributed by atoms with E-state index in [4.69, 9.17) is 14.0 Å². The van der Waals surface area contributed by atoms with Crippen LogP contribution in [0.15, 0.2) is 21.9 Å². The summed E-state index contributed by atoms with van der Waals surface area (Å²) in [6.07, 6.45) is 5.33. The van der Waals surface area contributed by atoms with Crippen LogP contribution in [-0.4, -0.2) is 102 Å². The van der Waals surface area contributed by atoms with E-state index in [2.05, 4.69) is 30.8 Å². The molecule has 256 valence electrons. The van der Waals surface area contributed by atoms with E-state index in [0.29, 0.717) is 19.5 Å². The first-order chi connectivity index (χ1) is 22.0. The standard InChI is InChI=1S/C27H41N6O11PS/c1-41-18-11-23(44-19(18)14-43-45(39,40)42-2)33-13-16(25(36)32-27(33)38)7-8-21(34)28-9-5-3-4-6-10-29-22(35)12-20-24-17(15-46-20)30-26(37)31-24/h7-8,13,17-20,23-24H,3-6,9-12,14-15H2,1-2H3,(H,28,34)(H,29,35)(H,39,40)(H2,30,31,37)(H,32,36,38)/b8-7+. The molecule has 3 fully saturated rings. The van der Waals surface area contributed by atoms with Crippen LogP contribution in [0, 0.1) is 0 Å². The Morgan fingerprint density at radius 2 is 1.89 bits per heavy atom. The molecule has 3 saturated heterocycles. The zero-order valence-corrected chi connectivity index (χ0v) is 27.3. The predicted octanol–water partition coefficient (Wildman–Crippen LogP) is -0.0360. The smallest absolute Gasteiger partial charge is 0.378 e. The average molecular weight is 689 g/mol. The van der Waals surface area contributed by atoms with Crippen molar-refractivity contribution in [2.45, 2.75) is 74.3 Å². The number of carbonyl (C=O) groups excluding carboxylic acids is 3. The molecule has 6 N–H and O–H groups in total. The number of hydrogen-bond donors (Lipinski definition) is 6. The van der Waals surface area contributed by atoms with Crippen LogP contribution in [0.25, 0.3) is 6.08 Å². The lowest BCUT2D eigenvalue weighted by Gasteiger charge is -2.18. The molecule has 3 aliphatic heterocycles. The number of carbonyl (C=O) groups is 3. The molecule has 0 saturated carbocycles. The zero-order chi connectivity index (χ0) is 33.3. The molecule has 1 aromatic heterocycles. The number of aromatic nitrogens is 2. The maximum Gasteiger partial charge on any atom is 0.472 e. The van der Waals surface area contributed by atoms with Gasteiger partial charge in [0.1, 0.15) is 12.3 Å². The highest BCUT2D eigenvalue weighted by molar-refractivity contribution is 8.00. The number of nitrogens with zero attached hydrogens (tertiary/aromatic N) is 1. The van der Waals surface area contributed by atoms with Gasteiger partial charge < -0.3 is 35.6 Å². The third-order valence-corrected chi connectivity index (χ3v) is 10.3. The van der Waals surface area contributed by atoms with Crippen molar-refractivity contribution < 1.29 is 42.4 Å². The number of methoxy groups -OCH3 is 1. The number of thioether (sulfide) groups is 1. The molecular weight excluding hydrogens is 647 g/mol. The fraction of sp³-hybridized carbons (Fsp3) is 0.667. The number of fused-ring (bicyclic) bond motifs is 1.